The molecular formula is C20H9F3N3O5. The van der Waals surface area contributed by atoms with Crippen molar-refractivity contribution in [3.63, 3.8) is 0 Å². The Balaban J connectivity index is 1.62. The fourth-order valence-corrected chi connectivity index (χ4v) is 2.72. The normalized spacial score (nSPS) is 13.2. The molecule has 2 heterocycles. The maximum absolute atomic E-state index is 14.6. The number of carbonyl (C=O) groups excluding carboxylic acids is 1. The zero-order valence-corrected chi connectivity index (χ0v) is 15.2. The molecule has 1 aliphatic heterocycles. The summed E-state index contributed by atoms with van der Waals surface area (Å²) in [4.78, 5) is 19.4. The number of hydrogen-bond acceptors (Lipinski definition) is 8. The number of pyridine rings is 1. The number of hydrogen-bond donors (Lipinski definition) is 0. The standard InChI is InChI=1S/C20H9F3N3O5/c21-16-8-13(1-3-17(16)29-15-5-6-25-12(7-15)10-24)26(28-11-27)14-2-4-18-19(9-14)31-20(22,23)30-18/h1-9H. The smallest absolute Gasteiger partial charge is 0.454 e. The van der Waals surface area contributed by atoms with Crippen LogP contribution in [0.3, 0.4) is 0 Å². The molecule has 1 radical (unpaired) electrons. The molecule has 0 aliphatic carbocycles. The predicted octanol–water partition coefficient (Wildman–Crippen LogP) is 4.34. The van der Waals surface area contributed by atoms with Gasteiger partial charge in [-0.1, -0.05) is 0 Å². The number of nitriles is 1. The van der Waals surface area contributed by atoms with Gasteiger partial charge in [-0.3, -0.25) is 0 Å². The summed E-state index contributed by atoms with van der Waals surface area (Å²) in [7, 11) is 0. The van der Waals surface area contributed by atoms with E-state index < -0.39 is 12.1 Å². The van der Waals surface area contributed by atoms with E-state index in [1.807, 2.05) is 6.07 Å². The van der Waals surface area contributed by atoms with E-state index in [4.69, 9.17) is 14.8 Å². The van der Waals surface area contributed by atoms with Crippen LogP contribution in [-0.2, 0) is 9.63 Å². The van der Waals surface area contributed by atoms with Gasteiger partial charge in [-0.05, 0) is 30.3 Å². The van der Waals surface area contributed by atoms with Crippen molar-refractivity contribution < 1.29 is 37.0 Å². The van der Waals surface area contributed by atoms with Crippen molar-refractivity contribution in [2.75, 3.05) is 5.06 Å². The van der Waals surface area contributed by atoms with E-state index in [9.17, 15) is 18.0 Å². The zero-order valence-electron chi connectivity index (χ0n) is 15.2. The van der Waals surface area contributed by atoms with Crippen LogP contribution >= 0.6 is 0 Å². The Labute approximate surface area is 172 Å². The van der Waals surface area contributed by atoms with Crippen molar-refractivity contribution in [2.45, 2.75) is 6.29 Å². The lowest BCUT2D eigenvalue weighted by Gasteiger charge is -2.21. The van der Waals surface area contributed by atoms with Gasteiger partial charge in [-0.15, -0.1) is 8.78 Å². The topological polar surface area (TPSA) is 93.9 Å². The van der Waals surface area contributed by atoms with Crippen LogP contribution in [0.4, 0.5) is 24.5 Å². The molecule has 2 aromatic carbocycles. The summed E-state index contributed by atoms with van der Waals surface area (Å²) in [5.74, 6) is -1.34. The van der Waals surface area contributed by atoms with Gasteiger partial charge < -0.3 is 19.0 Å². The average Bonchev–Trinajstić information content (AvgIpc) is 3.06. The minimum atomic E-state index is -3.83. The fraction of sp³-hybridized carbons (Fsp3) is 0.0500. The molecule has 0 fully saturated rings. The van der Waals surface area contributed by atoms with Crippen LogP contribution in [0, 0.1) is 17.1 Å². The van der Waals surface area contributed by atoms with Crippen molar-refractivity contribution in [3.05, 3.63) is 66.2 Å². The molecule has 0 atom stereocenters. The first-order valence-corrected chi connectivity index (χ1v) is 8.46. The molecule has 4 rings (SSSR count). The molecule has 0 saturated heterocycles. The number of benzene rings is 2. The molecular weight excluding hydrogens is 419 g/mol. The zero-order chi connectivity index (χ0) is 22.0. The number of halogens is 3. The van der Waals surface area contributed by atoms with Gasteiger partial charge in [0.2, 0.25) is 0 Å². The minimum Gasteiger partial charge on any atom is -0.454 e. The first-order chi connectivity index (χ1) is 14.9. The first kappa shape index (κ1) is 19.8. The lowest BCUT2D eigenvalue weighted by atomic mass is 10.2. The fourth-order valence-electron chi connectivity index (χ4n) is 2.72. The van der Waals surface area contributed by atoms with Crippen LogP contribution in [0.5, 0.6) is 23.0 Å². The van der Waals surface area contributed by atoms with Crippen LogP contribution < -0.4 is 19.3 Å². The van der Waals surface area contributed by atoms with Gasteiger partial charge in [0.15, 0.2) is 23.1 Å². The first-order valence-electron chi connectivity index (χ1n) is 8.46. The average molecular weight is 428 g/mol. The van der Waals surface area contributed by atoms with E-state index in [2.05, 4.69) is 14.5 Å². The van der Waals surface area contributed by atoms with Gasteiger partial charge in [0.1, 0.15) is 17.5 Å². The summed E-state index contributed by atoms with van der Waals surface area (Å²) in [5.41, 5.74) is 0.166. The van der Waals surface area contributed by atoms with E-state index in [1.165, 1.54) is 49.1 Å². The molecule has 8 nitrogen and oxygen atoms in total. The van der Waals surface area contributed by atoms with Gasteiger partial charge in [-0.2, -0.15) is 10.3 Å². The molecule has 0 spiro atoms. The van der Waals surface area contributed by atoms with Crippen LogP contribution in [0.1, 0.15) is 5.69 Å². The summed E-state index contributed by atoms with van der Waals surface area (Å²) >= 11 is 0. The Kier molecular flexibility index (Phi) is 4.96. The number of fused-ring (bicyclic) bond motifs is 1. The van der Waals surface area contributed by atoms with Gasteiger partial charge in [0.05, 0.1) is 11.4 Å². The summed E-state index contributed by atoms with van der Waals surface area (Å²) in [6.07, 6.45) is -2.49. The molecule has 11 heteroatoms. The van der Waals surface area contributed by atoms with E-state index in [1.54, 1.807) is 0 Å². The van der Waals surface area contributed by atoms with E-state index >= 15 is 0 Å². The number of anilines is 2. The SMILES string of the molecule is N#Cc1cc(Oc2ccc(N(O[C]=O)c3ccc4c(c3)OC(F)(F)O4)cc2F)ccn1. The van der Waals surface area contributed by atoms with Crippen molar-refractivity contribution in [2.24, 2.45) is 0 Å². The maximum Gasteiger partial charge on any atom is 0.586 e. The van der Waals surface area contributed by atoms with E-state index in [-0.39, 0.29) is 40.1 Å². The minimum absolute atomic E-state index is 0.0197. The highest BCUT2D eigenvalue weighted by Crippen LogP contribution is 2.44. The second-order valence-electron chi connectivity index (χ2n) is 5.97. The lowest BCUT2D eigenvalue weighted by molar-refractivity contribution is -0.286. The monoisotopic (exact) mass is 428 g/mol. The van der Waals surface area contributed by atoms with Crippen LogP contribution in [0.25, 0.3) is 0 Å². The summed E-state index contributed by atoms with van der Waals surface area (Å²) in [6.45, 7) is 1.20. The molecule has 1 aliphatic rings. The Bertz CT molecular complexity index is 1200. The van der Waals surface area contributed by atoms with Crippen LogP contribution in [-0.4, -0.2) is 17.8 Å². The highest BCUT2D eigenvalue weighted by molar-refractivity contribution is 5.67. The maximum atomic E-state index is 14.6. The molecule has 0 unspecified atom stereocenters. The highest BCUT2D eigenvalue weighted by Gasteiger charge is 2.43. The van der Waals surface area contributed by atoms with E-state index in [0.717, 1.165) is 17.2 Å². The molecule has 31 heavy (non-hydrogen) atoms. The summed E-state index contributed by atoms with van der Waals surface area (Å²) < 4.78 is 55.2. The quantitative estimate of drug-likeness (QED) is 0.535. The van der Waals surface area contributed by atoms with Crippen molar-refractivity contribution >= 4 is 17.8 Å². The predicted molar refractivity (Wildman–Crippen MR) is 97.0 cm³/mol. The Morgan fingerprint density at radius 2 is 1.77 bits per heavy atom. The lowest BCUT2D eigenvalue weighted by Crippen LogP contribution is -2.25. The molecule has 1 aromatic heterocycles. The molecule has 3 aromatic rings. The third-order valence-corrected chi connectivity index (χ3v) is 3.97. The second-order valence-corrected chi connectivity index (χ2v) is 5.97. The van der Waals surface area contributed by atoms with Gasteiger partial charge >= 0.3 is 12.8 Å². The number of nitrogens with zero attached hydrogens (tertiary/aromatic N) is 3. The Hall–Kier alpha value is -4.46. The molecule has 0 saturated carbocycles. The van der Waals surface area contributed by atoms with Crippen molar-refractivity contribution in [1.29, 1.82) is 5.26 Å². The summed E-state index contributed by atoms with van der Waals surface area (Å²) in [5, 5.41) is 9.72. The van der Waals surface area contributed by atoms with Gasteiger partial charge in [-0.25, -0.2) is 14.2 Å². The second kappa shape index (κ2) is 7.75. The summed E-state index contributed by atoms with van der Waals surface area (Å²) in [6, 6.07) is 11.8. The van der Waals surface area contributed by atoms with E-state index in [0.29, 0.717) is 0 Å². The Morgan fingerprint density at radius 3 is 2.52 bits per heavy atom. The van der Waals surface area contributed by atoms with Crippen LogP contribution in [0.2, 0.25) is 0 Å². The third kappa shape index (κ3) is 4.13. The number of ether oxygens (including phenoxy) is 3. The highest BCUT2D eigenvalue weighted by atomic mass is 19.3. The molecule has 0 bridgehead atoms. The van der Waals surface area contributed by atoms with Crippen molar-refractivity contribution in [1.82, 2.24) is 4.98 Å². The number of alkyl halides is 2. The van der Waals surface area contributed by atoms with Crippen molar-refractivity contribution in [3.8, 4) is 29.1 Å². The molecule has 155 valence electrons. The van der Waals surface area contributed by atoms with Gasteiger partial charge in [0, 0.05) is 24.4 Å². The molecule has 0 N–H and O–H groups in total. The third-order valence-electron chi connectivity index (χ3n) is 3.97. The van der Waals surface area contributed by atoms with Gasteiger partial charge in [0.25, 0.3) is 0 Å². The Morgan fingerprint density at radius 1 is 1.03 bits per heavy atom. The number of aromatic nitrogens is 1. The molecule has 0 amide bonds. The largest absolute Gasteiger partial charge is 0.586 e. The van der Waals surface area contributed by atoms with Crippen LogP contribution in [0.15, 0.2) is 54.7 Å². The number of rotatable bonds is 6.